The molecule has 2 saturated carbocycles. The van der Waals surface area contributed by atoms with Crippen molar-refractivity contribution < 1.29 is 47.9 Å². The highest BCUT2D eigenvalue weighted by Crippen LogP contribution is 2.65. The molecule has 1 saturated heterocycles. The minimum atomic E-state index is -1.81. The Bertz CT molecular complexity index is 1290. The maximum absolute atomic E-state index is 15.0. The molecular formula is C32H42O10. The SMILES string of the molecule is CO/C1=C2\C(C)C(OC)CC(O)(C(OC(=O)c3ccccc3)C3C4(OC(C)=O)COC4CC(OC)C3(C)C1=O)C2(C)C. The van der Waals surface area contributed by atoms with E-state index in [4.69, 9.17) is 28.4 Å². The van der Waals surface area contributed by atoms with Crippen LogP contribution >= 0.6 is 0 Å². The zero-order valence-electron chi connectivity index (χ0n) is 25.6. The molecule has 1 aromatic carbocycles. The minimum Gasteiger partial charge on any atom is -0.493 e. The molecule has 0 aromatic heterocycles. The van der Waals surface area contributed by atoms with Crippen molar-refractivity contribution in [2.45, 2.75) is 83.1 Å². The summed E-state index contributed by atoms with van der Waals surface area (Å²) in [5, 5.41) is 13.1. The number of allylic oxidation sites excluding steroid dienone is 1. The van der Waals surface area contributed by atoms with Crippen molar-refractivity contribution in [3.63, 3.8) is 0 Å². The van der Waals surface area contributed by atoms with Crippen LogP contribution in [0, 0.1) is 22.7 Å². The van der Waals surface area contributed by atoms with Crippen LogP contribution in [0.4, 0.5) is 0 Å². The molecule has 3 fully saturated rings. The van der Waals surface area contributed by atoms with Gasteiger partial charge in [-0.3, -0.25) is 9.59 Å². The van der Waals surface area contributed by atoms with Crippen LogP contribution < -0.4 is 0 Å². The summed E-state index contributed by atoms with van der Waals surface area (Å²) >= 11 is 0. The first-order valence-corrected chi connectivity index (χ1v) is 14.4. The molecule has 0 amide bonds. The van der Waals surface area contributed by atoms with Crippen LogP contribution in [-0.4, -0.2) is 86.4 Å². The molecule has 4 aliphatic rings. The van der Waals surface area contributed by atoms with Gasteiger partial charge in [-0.1, -0.05) is 39.0 Å². The maximum atomic E-state index is 15.0. The number of ether oxygens (including phenoxy) is 6. The van der Waals surface area contributed by atoms with Crippen molar-refractivity contribution >= 4 is 17.7 Å². The van der Waals surface area contributed by atoms with Crippen LogP contribution in [0.2, 0.25) is 0 Å². The summed E-state index contributed by atoms with van der Waals surface area (Å²) in [7, 11) is 4.49. The highest BCUT2D eigenvalue weighted by molar-refractivity contribution is 6.00. The summed E-state index contributed by atoms with van der Waals surface area (Å²) in [6.45, 7) is 8.57. The molecule has 1 N–H and O–H groups in total. The Morgan fingerprint density at radius 1 is 1.05 bits per heavy atom. The number of methoxy groups -OCH3 is 3. The molecule has 3 aliphatic carbocycles. The van der Waals surface area contributed by atoms with Gasteiger partial charge in [0, 0.05) is 45.3 Å². The summed E-state index contributed by atoms with van der Waals surface area (Å²) in [6, 6.07) is 8.46. The fourth-order valence-electron chi connectivity index (χ4n) is 8.44. The molecule has 2 bridgehead atoms. The molecule has 9 atom stereocenters. The molecule has 0 radical (unpaired) electrons. The average molecular weight is 587 g/mol. The Morgan fingerprint density at radius 3 is 2.24 bits per heavy atom. The number of hydrogen-bond acceptors (Lipinski definition) is 10. The van der Waals surface area contributed by atoms with Crippen molar-refractivity contribution in [1.29, 1.82) is 0 Å². The topological polar surface area (TPSA) is 127 Å². The van der Waals surface area contributed by atoms with Crippen molar-refractivity contribution in [1.82, 2.24) is 0 Å². The molecular weight excluding hydrogens is 544 g/mol. The second-order valence-corrected chi connectivity index (χ2v) is 12.9. The van der Waals surface area contributed by atoms with Crippen molar-refractivity contribution in [2.24, 2.45) is 22.7 Å². The molecule has 0 spiro atoms. The van der Waals surface area contributed by atoms with E-state index in [0.29, 0.717) is 5.57 Å². The highest BCUT2D eigenvalue weighted by Gasteiger charge is 2.78. The summed E-state index contributed by atoms with van der Waals surface area (Å²) in [5.41, 5.74) is -4.97. The summed E-state index contributed by atoms with van der Waals surface area (Å²) in [4.78, 5) is 41.5. The first kappa shape index (κ1) is 30.7. The zero-order valence-corrected chi connectivity index (χ0v) is 25.6. The monoisotopic (exact) mass is 586 g/mol. The van der Waals surface area contributed by atoms with E-state index in [-0.39, 0.29) is 42.5 Å². The van der Waals surface area contributed by atoms with Crippen LogP contribution in [0.5, 0.6) is 0 Å². The lowest BCUT2D eigenvalue weighted by Gasteiger charge is -2.67. The van der Waals surface area contributed by atoms with Gasteiger partial charge in [-0.2, -0.15) is 0 Å². The summed E-state index contributed by atoms with van der Waals surface area (Å²) in [5.74, 6) is -2.93. The highest BCUT2D eigenvalue weighted by atomic mass is 16.6. The molecule has 42 heavy (non-hydrogen) atoms. The van der Waals surface area contributed by atoms with Gasteiger partial charge >= 0.3 is 11.9 Å². The lowest BCUT2D eigenvalue weighted by Crippen LogP contribution is -2.81. The first-order chi connectivity index (χ1) is 19.7. The van der Waals surface area contributed by atoms with E-state index in [1.807, 2.05) is 20.8 Å². The van der Waals surface area contributed by atoms with E-state index in [0.717, 1.165) is 0 Å². The van der Waals surface area contributed by atoms with Gasteiger partial charge in [-0.15, -0.1) is 0 Å². The van der Waals surface area contributed by atoms with Crippen molar-refractivity contribution in [2.75, 3.05) is 27.9 Å². The van der Waals surface area contributed by atoms with Gasteiger partial charge in [-0.05, 0) is 24.6 Å². The van der Waals surface area contributed by atoms with Gasteiger partial charge in [0.2, 0.25) is 5.78 Å². The number of fused-ring (bicyclic) bond motifs is 5. The molecule has 1 heterocycles. The number of carbonyl (C=O) groups excluding carboxylic acids is 3. The van der Waals surface area contributed by atoms with E-state index in [9.17, 15) is 19.5 Å². The number of esters is 2. The largest absolute Gasteiger partial charge is 0.493 e. The third kappa shape index (κ3) is 4.02. The Hall–Kier alpha value is -2.79. The molecule has 5 rings (SSSR count). The number of benzene rings is 1. The summed E-state index contributed by atoms with van der Waals surface area (Å²) in [6.07, 6.45) is -2.98. The normalized spacial score (nSPS) is 42.2. The van der Waals surface area contributed by atoms with Crippen LogP contribution in [0.1, 0.15) is 57.8 Å². The van der Waals surface area contributed by atoms with E-state index in [1.165, 1.54) is 21.1 Å². The number of hydrogen-bond donors (Lipinski definition) is 1. The standard InChI is InChI=1S/C32H42O10/c1-17-20(37-6)15-32(36)27(41-28(35)19-12-10-9-11-13-19)25-30(5,26(34)24(39-8)23(17)29(32,3)4)21(38-7)14-22-31(25,16-40-22)42-18(2)33/h9-13,17,20-22,25,27,36H,14-16H2,1-8H3/b24-23+. The lowest BCUT2D eigenvalue weighted by molar-refractivity contribution is -0.347. The molecule has 10 heteroatoms. The number of ketones is 1. The first-order valence-electron chi connectivity index (χ1n) is 14.4. The van der Waals surface area contributed by atoms with Gasteiger partial charge in [0.15, 0.2) is 11.4 Å². The van der Waals surface area contributed by atoms with Crippen molar-refractivity contribution in [3.05, 3.63) is 47.2 Å². The van der Waals surface area contributed by atoms with E-state index < -0.39 is 64.3 Å². The number of Topliss-reactive ketones (excluding diaryl/α,β-unsaturated/α-hetero) is 1. The predicted molar refractivity (Wildman–Crippen MR) is 149 cm³/mol. The molecule has 1 aromatic rings. The molecule has 9 unspecified atom stereocenters. The van der Waals surface area contributed by atoms with E-state index in [2.05, 4.69) is 0 Å². The summed E-state index contributed by atoms with van der Waals surface area (Å²) < 4.78 is 36.2. The smallest absolute Gasteiger partial charge is 0.338 e. The van der Waals surface area contributed by atoms with Gasteiger partial charge in [0.25, 0.3) is 0 Å². The predicted octanol–water partition coefficient (Wildman–Crippen LogP) is 3.25. The fraction of sp³-hybridized carbons (Fsp3) is 0.656. The number of rotatable bonds is 6. The van der Waals surface area contributed by atoms with E-state index >= 15 is 0 Å². The van der Waals surface area contributed by atoms with E-state index in [1.54, 1.807) is 44.4 Å². The van der Waals surface area contributed by atoms with Crippen LogP contribution in [0.15, 0.2) is 41.7 Å². The number of aliphatic hydroxyl groups is 1. The number of carbonyl (C=O) groups is 3. The minimum absolute atomic E-state index is 0.0416. The molecule has 10 nitrogen and oxygen atoms in total. The third-order valence-corrected chi connectivity index (χ3v) is 10.7. The Kier molecular flexibility index (Phi) is 7.62. The average Bonchev–Trinajstić information content (AvgIpc) is 2.94. The quantitative estimate of drug-likeness (QED) is 0.497. The van der Waals surface area contributed by atoms with Gasteiger partial charge in [-0.25, -0.2) is 4.79 Å². The third-order valence-electron chi connectivity index (χ3n) is 10.7. The fourth-order valence-corrected chi connectivity index (χ4v) is 8.44. The second-order valence-electron chi connectivity index (χ2n) is 12.9. The Balaban J connectivity index is 1.86. The van der Waals surface area contributed by atoms with Gasteiger partial charge in [0.05, 0.1) is 42.8 Å². The lowest BCUT2D eigenvalue weighted by atomic mass is 9.45. The van der Waals surface area contributed by atoms with Gasteiger partial charge in [0.1, 0.15) is 17.8 Å². The Morgan fingerprint density at radius 2 is 1.71 bits per heavy atom. The second kappa shape index (κ2) is 10.4. The van der Waals surface area contributed by atoms with Crippen LogP contribution in [-0.2, 0) is 38.0 Å². The molecule has 1 aliphatic heterocycles. The molecule has 230 valence electrons. The van der Waals surface area contributed by atoms with Crippen LogP contribution in [0.3, 0.4) is 0 Å². The van der Waals surface area contributed by atoms with Crippen LogP contribution in [0.25, 0.3) is 0 Å². The maximum Gasteiger partial charge on any atom is 0.338 e. The Labute approximate surface area is 246 Å². The zero-order chi connectivity index (χ0) is 30.8. The van der Waals surface area contributed by atoms with Crippen molar-refractivity contribution in [3.8, 4) is 0 Å². The van der Waals surface area contributed by atoms with Gasteiger partial charge < -0.3 is 33.5 Å².